The molecule has 1 unspecified atom stereocenters. The number of hydrogen-bond acceptors (Lipinski definition) is 2. The van der Waals surface area contributed by atoms with Gasteiger partial charge in [0, 0.05) is 27.7 Å². The van der Waals surface area contributed by atoms with Crippen LogP contribution in [-0.4, -0.2) is 0 Å². The molecule has 1 atom stereocenters. The molecule has 2 nitrogen and oxygen atoms in total. The summed E-state index contributed by atoms with van der Waals surface area (Å²) in [7, 11) is 0. The molecule has 0 bridgehead atoms. The Bertz CT molecular complexity index is 2400. The van der Waals surface area contributed by atoms with Gasteiger partial charge in [-0.15, -0.1) is 0 Å². The maximum atomic E-state index is 6.38. The standard InChI is InChI=1S/C46H33NO/c1-2-10-32(11-3-1)33-20-22-34(23-21-33)35-24-28-38(29-25-35)47(44-18-8-13-36-12-4-5-14-40(36)44)39-30-26-37(27-31-39)41-16-9-17-43-42-15-6-7-19-45(42)48-46(41)43/h1-17,19-31,44H,18H2. The number of anilines is 2. The van der Waals surface area contributed by atoms with Crippen LogP contribution in [0.4, 0.5) is 11.4 Å². The first kappa shape index (κ1) is 28.1. The summed E-state index contributed by atoms with van der Waals surface area (Å²) in [6.45, 7) is 0. The SMILES string of the molecule is C1=Cc2ccccc2C(N(c2ccc(-c3ccc(-c4ccccc4)cc3)cc2)c2ccc(-c3cccc4c3oc3ccccc34)cc2)C1. The summed E-state index contributed by atoms with van der Waals surface area (Å²) in [5.41, 5.74) is 13.9. The van der Waals surface area contributed by atoms with Crippen molar-refractivity contribution in [2.45, 2.75) is 12.5 Å². The Labute approximate surface area is 280 Å². The number of hydrogen-bond donors (Lipinski definition) is 0. The molecule has 1 aliphatic rings. The first-order chi connectivity index (χ1) is 23.8. The van der Waals surface area contributed by atoms with E-state index in [4.69, 9.17) is 4.42 Å². The van der Waals surface area contributed by atoms with E-state index in [1.807, 2.05) is 12.1 Å². The van der Waals surface area contributed by atoms with Crippen LogP contribution in [0.5, 0.6) is 0 Å². The highest BCUT2D eigenvalue weighted by molar-refractivity contribution is 6.09. The van der Waals surface area contributed by atoms with Crippen LogP contribution in [-0.2, 0) is 0 Å². The minimum atomic E-state index is 0.173. The Hall–Kier alpha value is -6.12. The molecule has 0 spiro atoms. The lowest BCUT2D eigenvalue weighted by Gasteiger charge is -2.36. The quantitative estimate of drug-likeness (QED) is 0.185. The predicted octanol–water partition coefficient (Wildman–Crippen LogP) is 12.9. The zero-order chi connectivity index (χ0) is 31.9. The second kappa shape index (κ2) is 11.9. The maximum absolute atomic E-state index is 6.38. The van der Waals surface area contributed by atoms with Crippen molar-refractivity contribution in [3.63, 3.8) is 0 Å². The van der Waals surface area contributed by atoms with Crippen LogP contribution >= 0.6 is 0 Å². The van der Waals surface area contributed by atoms with E-state index in [0.29, 0.717) is 0 Å². The molecule has 7 aromatic carbocycles. The molecule has 2 heteroatoms. The van der Waals surface area contributed by atoms with Gasteiger partial charge in [-0.2, -0.15) is 0 Å². The van der Waals surface area contributed by atoms with Gasteiger partial charge in [0.05, 0.1) is 6.04 Å². The number of rotatable bonds is 6. The van der Waals surface area contributed by atoms with Gasteiger partial charge in [-0.25, -0.2) is 0 Å². The molecule has 0 fully saturated rings. The van der Waals surface area contributed by atoms with Crippen molar-refractivity contribution >= 4 is 39.4 Å². The molecule has 0 N–H and O–H groups in total. The second-order valence-corrected chi connectivity index (χ2v) is 12.5. The van der Waals surface area contributed by atoms with E-state index in [-0.39, 0.29) is 6.04 Å². The van der Waals surface area contributed by atoms with Gasteiger partial charge < -0.3 is 9.32 Å². The number of benzene rings is 7. The molecule has 228 valence electrons. The van der Waals surface area contributed by atoms with E-state index in [0.717, 1.165) is 45.2 Å². The summed E-state index contributed by atoms with van der Waals surface area (Å²) in [6, 6.07) is 61.1. The summed E-state index contributed by atoms with van der Waals surface area (Å²) in [5, 5.41) is 2.30. The van der Waals surface area contributed by atoms with Gasteiger partial charge in [-0.1, -0.05) is 152 Å². The fourth-order valence-electron chi connectivity index (χ4n) is 7.25. The highest BCUT2D eigenvalue weighted by Crippen LogP contribution is 2.43. The van der Waals surface area contributed by atoms with Gasteiger partial charge in [0.15, 0.2) is 0 Å². The van der Waals surface area contributed by atoms with Crippen LogP contribution in [0.15, 0.2) is 180 Å². The molecule has 8 aromatic rings. The highest BCUT2D eigenvalue weighted by atomic mass is 16.3. The highest BCUT2D eigenvalue weighted by Gasteiger charge is 2.26. The minimum Gasteiger partial charge on any atom is -0.455 e. The van der Waals surface area contributed by atoms with Gasteiger partial charge in [0.25, 0.3) is 0 Å². The third-order valence-corrected chi connectivity index (χ3v) is 9.66. The molecule has 0 aliphatic heterocycles. The third kappa shape index (κ3) is 4.99. The van der Waals surface area contributed by atoms with Gasteiger partial charge in [0.2, 0.25) is 0 Å². The third-order valence-electron chi connectivity index (χ3n) is 9.66. The van der Waals surface area contributed by atoms with Crippen molar-refractivity contribution in [3.05, 3.63) is 187 Å². The van der Waals surface area contributed by atoms with E-state index in [1.54, 1.807) is 0 Å². The van der Waals surface area contributed by atoms with Crippen LogP contribution in [0.1, 0.15) is 23.6 Å². The Morgan fingerprint density at radius 3 is 1.75 bits per heavy atom. The average Bonchev–Trinajstić information content (AvgIpc) is 3.55. The average molecular weight is 616 g/mol. The number of para-hydroxylation sites is 2. The van der Waals surface area contributed by atoms with Gasteiger partial charge in [0.1, 0.15) is 11.2 Å². The lowest BCUT2D eigenvalue weighted by molar-refractivity contribution is 0.670. The Balaban J connectivity index is 1.09. The maximum Gasteiger partial charge on any atom is 0.143 e. The van der Waals surface area contributed by atoms with Gasteiger partial charge in [-0.05, 0) is 75.7 Å². The van der Waals surface area contributed by atoms with E-state index >= 15 is 0 Å². The first-order valence-corrected chi connectivity index (χ1v) is 16.6. The van der Waals surface area contributed by atoms with Crippen molar-refractivity contribution in [1.29, 1.82) is 0 Å². The normalized spacial score (nSPS) is 13.9. The number of nitrogens with zero attached hydrogens (tertiary/aromatic N) is 1. The Morgan fingerprint density at radius 1 is 0.458 bits per heavy atom. The molecule has 0 saturated carbocycles. The van der Waals surface area contributed by atoms with Crippen molar-refractivity contribution in [2.24, 2.45) is 0 Å². The van der Waals surface area contributed by atoms with Crippen LogP contribution in [0.3, 0.4) is 0 Å². The zero-order valence-corrected chi connectivity index (χ0v) is 26.5. The fraction of sp³-hybridized carbons (Fsp3) is 0.0435. The van der Waals surface area contributed by atoms with E-state index in [9.17, 15) is 0 Å². The predicted molar refractivity (Wildman–Crippen MR) is 201 cm³/mol. The summed E-state index contributed by atoms with van der Waals surface area (Å²) in [6.07, 6.45) is 5.49. The second-order valence-electron chi connectivity index (χ2n) is 12.5. The summed E-state index contributed by atoms with van der Waals surface area (Å²) in [5.74, 6) is 0. The van der Waals surface area contributed by atoms with Crippen LogP contribution in [0.25, 0.3) is 61.4 Å². The molecule has 0 amide bonds. The smallest absolute Gasteiger partial charge is 0.143 e. The molecule has 9 rings (SSSR count). The lowest BCUT2D eigenvalue weighted by atomic mass is 9.90. The first-order valence-electron chi connectivity index (χ1n) is 16.6. The fourth-order valence-corrected chi connectivity index (χ4v) is 7.25. The van der Waals surface area contributed by atoms with Crippen molar-refractivity contribution in [1.82, 2.24) is 0 Å². The van der Waals surface area contributed by atoms with Crippen molar-refractivity contribution < 1.29 is 4.42 Å². The van der Waals surface area contributed by atoms with E-state index < -0.39 is 0 Å². The number of furan rings is 1. The zero-order valence-electron chi connectivity index (χ0n) is 26.5. The number of fused-ring (bicyclic) bond motifs is 4. The molecule has 1 aliphatic carbocycles. The van der Waals surface area contributed by atoms with E-state index in [1.165, 1.54) is 39.1 Å². The molecule has 48 heavy (non-hydrogen) atoms. The molecule has 1 aromatic heterocycles. The van der Waals surface area contributed by atoms with Crippen LogP contribution in [0.2, 0.25) is 0 Å². The monoisotopic (exact) mass is 615 g/mol. The summed E-state index contributed by atoms with van der Waals surface area (Å²) >= 11 is 0. The molecular formula is C46H33NO. The molecule has 0 radical (unpaired) electrons. The van der Waals surface area contributed by atoms with Crippen molar-refractivity contribution in [2.75, 3.05) is 4.90 Å². The lowest BCUT2D eigenvalue weighted by Crippen LogP contribution is -2.25. The molecular weight excluding hydrogens is 583 g/mol. The van der Waals surface area contributed by atoms with E-state index in [2.05, 4.69) is 175 Å². The van der Waals surface area contributed by atoms with Crippen molar-refractivity contribution in [3.8, 4) is 33.4 Å². The molecule has 1 heterocycles. The molecule has 0 saturated heterocycles. The minimum absolute atomic E-state index is 0.173. The topological polar surface area (TPSA) is 16.4 Å². The Morgan fingerprint density at radius 2 is 1.02 bits per heavy atom. The summed E-state index contributed by atoms with van der Waals surface area (Å²) < 4.78 is 6.38. The van der Waals surface area contributed by atoms with Crippen LogP contribution in [0, 0.1) is 0 Å². The summed E-state index contributed by atoms with van der Waals surface area (Å²) in [4.78, 5) is 2.50. The van der Waals surface area contributed by atoms with Gasteiger partial charge in [-0.3, -0.25) is 0 Å². The van der Waals surface area contributed by atoms with Crippen LogP contribution < -0.4 is 4.90 Å². The largest absolute Gasteiger partial charge is 0.455 e. The Kier molecular flexibility index (Phi) is 6.98. The van der Waals surface area contributed by atoms with Gasteiger partial charge >= 0.3 is 0 Å².